The standard InChI is InChI=1S/C23H27N3O4S/c1-16-7-10-19(14-17(16)2)25-31(28,29)20-11-8-18(9-12-20)23(27)24-15-21(26(3)4)22-6-5-13-30-22/h5-14,21,25H,15H2,1-4H3,(H,24,27). The number of nitrogens with one attached hydrogen (secondary N) is 2. The number of anilines is 1. The third kappa shape index (κ3) is 5.53. The lowest BCUT2D eigenvalue weighted by atomic mass is 10.1. The van der Waals surface area contributed by atoms with Gasteiger partial charge >= 0.3 is 0 Å². The fraction of sp³-hybridized carbons (Fsp3) is 0.261. The summed E-state index contributed by atoms with van der Waals surface area (Å²) in [7, 11) is 0.0559. The fourth-order valence-electron chi connectivity index (χ4n) is 3.11. The number of hydrogen-bond acceptors (Lipinski definition) is 5. The maximum Gasteiger partial charge on any atom is 0.261 e. The number of nitrogens with zero attached hydrogens (tertiary/aromatic N) is 1. The predicted molar refractivity (Wildman–Crippen MR) is 121 cm³/mol. The van der Waals surface area contributed by atoms with Crippen molar-refractivity contribution in [2.24, 2.45) is 0 Å². The van der Waals surface area contributed by atoms with Crippen molar-refractivity contribution < 1.29 is 17.6 Å². The van der Waals surface area contributed by atoms with Crippen LogP contribution in [0, 0.1) is 13.8 Å². The van der Waals surface area contributed by atoms with Crippen LogP contribution in [0.3, 0.4) is 0 Å². The average molecular weight is 442 g/mol. The number of benzene rings is 2. The van der Waals surface area contributed by atoms with E-state index in [-0.39, 0.29) is 16.8 Å². The summed E-state index contributed by atoms with van der Waals surface area (Å²) in [6.07, 6.45) is 1.60. The molecule has 0 saturated carbocycles. The molecule has 0 aliphatic rings. The second-order valence-electron chi connectivity index (χ2n) is 7.63. The summed E-state index contributed by atoms with van der Waals surface area (Å²) in [6, 6.07) is 14.8. The van der Waals surface area contributed by atoms with Gasteiger partial charge in [-0.05, 0) is 87.6 Å². The Morgan fingerprint density at radius 1 is 1.03 bits per heavy atom. The molecule has 0 bridgehead atoms. The summed E-state index contributed by atoms with van der Waals surface area (Å²) < 4.78 is 33.4. The lowest BCUT2D eigenvalue weighted by molar-refractivity contribution is 0.0939. The molecule has 1 atom stereocenters. The Morgan fingerprint density at radius 2 is 1.74 bits per heavy atom. The molecule has 3 rings (SSSR count). The van der Waals surface area contributed by atoms with Crippen molar-refractivity contribution in [2.45, 2.75) is 24.8 Å². The number of hydrogen-bond donors (Lipinski definition) is 2. The highest BCUT2D eigenvalue weighted by Gasteiger charge is 2.19. The molecule has 7 nitrogen and oxygen atoms in total. The zero-order valence-corrected chi connectivity index (χ0v) is 18.9. The van der Waals surface area contributed by atoms with Crippen LogP contribution in [0.25, 0.3) is 0 Å². The highest BCUT2D eigenvalue weighted by atomic mass is 32.2. The van der Waals surface area contributed by atoms with Gasteiger partial charge in [0.2, 0.25) is 0 Å². The number of carbonyl (C=O) groups is 1. The zero-order chi connectivity index (χ0) is 22.6. The monoisotopic (exact) mass is 441 g/mol. The van der Waals surface area contributed by atoms with Crippen molar-refractivity contribution in [2.75, 3.05) is 25.4 Å². The van der Waals surface area contributed by atoms with Crippen LogP contribution >= 0.6 is 0 Å². The van der Waals surface area contributed by atoms with E-state index in [1.807, 2.05) is 45.0 Å². The van der Waals surface area contributed by atoms with Gasteiger partial charge in [-0.3, -0.25) is 14.4 Å². The van der Waals surface area contributed by atoms with E-state index in [2.05, 4.69) is 10.0 Å². The first-order chi connectivity index (χ1) is 14.7. The van der Waals surface area contributed by atoms with E-state index in [9.17, 15) is 13.2 Å². The van der Waals surface area contributed by atoms with Crippen molar-refractivity contribution >= 4 is 21.6 Å². The largest absolute Gasteiger partial charge is 0.468 e. The van der Waals surface area contributed by atoms with Gasteiger partial charge in [-0.25, -0.2) is 8.42 Å². The Morgan fingerprint density at radius 3 is 2.32 bits per heavy atom. The Kier molecular flexibility index (Phi) is 6.82. The second kappa shape index (κ2) is 9.36. The van der Waals surface area contributed by atoms with Gasteiger partial charge in [0, 0.05) is 17.8 Å². The van der Waals surface area contributed by atoms with Gasteiger partial charge in [0.15, 0.2) is 0 Å². The number of sulfonamides is 1. The number of rotatable bonds is 8. The van der Waals surface area contributed by atoms with E-state index in [0.29, 0.717) is 17.8 Å². The number of carbonyl (C=O) groups excluding carboxylic acids is 1. The molecule has 1 unspecified atom stereocenters. The van der Waals surface area contributed by atoms with E-state index < -0.39 is 10.0 Å². The molecule has 1 heterocycles. The number of amides is 1. The van der Waals surface area contributed by atoms with Crippen molar-refractivity contribution in [3.05, 3.63) is 83.3 Å². The SMILES string of the molecule is Cc1ccc(NS(=O)(=O)c2ccc(C(=O)NCC(c3ccco3)N(C)C)cc2)cc1C. The van der Waals surface area contributed by atoms with Crippen LogP contribution in [0.15, 0.2) is 70.2 Å². The summed E-state index contributed by atoms with van der Waals surface area (Å²) in [4.78, 5) is 14.6. The van der Waals surface area contributed by atoms with Crippen molar-refractivity contribution in [1.29, 1.82) is 0 Å². The van der Waals surface area contributed by atoms with Gasteiger partial charge in [0.1, 0.15) is 5.76 Å². The number of furan rings is 1. The lowest BCUT2D eigenvalue weighted by Gasteiger charge is -2.22. The fourth-order valence-corrected chi connectivity index (χ4v) is 4.16. The third-order valence-corrected chi connectivity index (χ3v) is 6.53. The minimum atomic E-state index is -3.75. The quantitative estimate of drug-likeness (QED) is 0.556. The van der Waals surface area contributed by atoms with Crippen LogP contribution in [0.4, 0.5) is 5.69 Å². The van der Waals surface area contributed by atoms with Crippen molar-refractivity contribution in [3.8, 4) is 0 Å². The molecular weight excluding hydrogens is 414 g/mol. The molecule has 0 aliphatic carbocycles. The van der Waals surface area contributed by atoms with Gasteiger partial charge in [0.25, 0.3) is 15.9 Å². The molecule has 0 fully saturated rings. The van der Waals surface area contributed by atoms with E-state index in [1.165, 1.54) is 24.3 Å². The summed E-state index contributed by atoms with van der Waals surface area (Å²) in [5.74, 6) is 0.466. The second-order valence-corrected chi connectivity index (χ2v) is 9.32. The third-order valence-electron chi connectivity index (χ3n) is 5.14. The van der Waals surface area contributed by atoms with Gasteiger partial charge in [-0.15, -0.1) is 0 Å². The molecule has 8 heteroatoms. The van der Waals surface area contributed by atoms with E-state index in [0.717, 1.165) is 16.9 Å². The molecule has 1 amide bonds. The van der Waals surface area contributed by atoms with Crippen LogP contribution < -0.4 is 10.0 Å². The first-order valence-corrected chi connectivity index (χ1v) is 11.3. The molecule has 31 heavy (non-hydrogen) atoms. The minimum absolute atomic E-state index is 0.0871. The zero-order valence-electron chi connectivity index (χ0n) is 18.0. The smallest absolute Gasteiger partial charge is 0.261 e. The maximum absolute atomic E-state index is 12.7. The average Bonchev–Trinajstić information content (AvgIpc) is 3.25. The molecule has 0 radical (unpaired) electrons. The normalized spacial score (nSPS) is 12.5. The molecule has 0 saturated heterocycles. The van der Waals surface area contributed by atoms with E-state index in [1.54, 1.807) is 24.5 Å². The molecule has 164 valence electrons. The minimum Gasteiger partial charge on any atom is -0.468 e. The maximum atomic E-state index is 12.7. The lowest BCUT2D eigenvalue weighted by Crippen LogP contribution is -2.34. The number of likely N-dealkylation sites (N-methyl/N-ethyl adjacent to an activating group) is 1. The Balaban J connectivity index is 1.67. The predicted octanol–water partition coefficient (Wildman–Crippen LogP) is 3.73. The van der Waals surface area contributed by atoms with Crippen LogP contribution in [0.1, 0.15) is 33.3 Å². The first kappa shape index (κ1) is 22.6. The highest BCUT2D eigenvalue weighted by Crippen LogP contribution is 2.20. The van der Waals surface area contributed by atoms with Gasteiger partial charge < -0.3 is 9.73 Å². The van der Waals surface area contributed by atoms with E-state index >= 15 is 0 Å². The Bertz CT molecular complexity index is 1140. The summed E-state index contributed by atoms with van der Waals surface area (Å²) >= 11 is 0. The van der Waals surface area contributed by atoms with Crippen molar-refractivity contribution in [1.82, 2.24) is 10.2 Å². The molecule has 3 aromatic rings. The van der Waals surface area contributed by atoms with Gasteiger partial charge in [-0.2, -0.15) is 0 Å². The number of aryl methyl sites for hydroxylation is 2. The molecule has 0 aliphatic heterocycles. The van der Waals surface area contributed by atoms with Crippen LogP contribution in [0.5, 0.6) is 0 Å². The van der Waals surface area contributed by atoms with E-state index in [4.69, 9.17) is 4.42 Å². The molecule has 1 aromatic heterocycles. The topological polar surface area (TPSA) is 91.6 Å². The first-order valence-electron chi connectivity index (χ1n) is 9.85. The van der Waals surface area contributed by atoms with Crippen LogP contribution in [-0.2, 0) is 10.0 Å². The Labute approximate surface area is 183 Å². The summed E-state index contributed by atoms with van der Waals surface area (Å²) in [6.45, 7) is 4.24. The van der Waals surface area contributed by atoms with Crippen molar-refractivity contribution in [3.63, 3.8) is 0 Å². The molecule has 0 spiro atoms. The molecular formula is C23H27N3O4S. The Hall–Kier alpha value is -3.10. The van der Waals surface area contributed by atoms with Gasteiger partial charge in [-0.1, -0.05) is 6.07 Å². The summed E-state index contributed by atoms with van der Waals surface area (Å²) in [5, 5.41) is 2.87. The van der Waals surface area contributed by atoms with Gasteiger partial charge in [0.05, 0.1) is 17.2 Å². The van der Waals surface area contributed by atoms with Crippen LogP contribution in [-0.4, -0.2) is 39.9 Å². The van der Waals surface area contributed by atoms with Crippen LogP contribution in [0.2, 0.25) is 0 Å². The summed E-state index contributed by atoms with van der Waals surface area (Å²) in [5.41, 5.74) is 2.96. The molecule has 2 N–H and O–H groups in total. The highest BCUT2D eigenvalue weighted by molar-refractivity contribution is 7.92. The molecule has 2 aromatic carbocycles.